The van der Waals surface area contributed by atoms with Crippen molar-refractivity contribution >= 4 is 11.5 Å². The molecule has 2 heterocycles. The molecule has 0 saturated carbocycles. The van der Waals surface area contributed by atoms with Crippen LogP contribution in [0.2, 0.25) is 0 Å². The first kappa shape index (κ1) is 13.7. The van der Waals surface area contributed by atoms with Crippen molar-refractivity contribution in [3.05, 3.63) is 27.9 Å². The highest BCUT2D eigenvalue weighted by Gasteiger charge is 2.21. The first-order valence-corrected chi connectivity index (χ1v) is 6.68. The summed E-state index contributed by atoms with van der Waals surface area (Å²) in [6.45, 7) is 8.10. The van der Waals surface area contributed by atoms with Crippen molar-refractivity contribution in [1.82, 2.24) is 9.88 Å². The van der Waals surface area contributed by atoms with Crippen LogP contribution in [0.25, 0.3) is 0 Å². The average molecular weight is 264 g/mol. The maximum absolute atomic E-state index is 10.7. The lowest BCUT2D eigenvalue weighted by molar-refractivity contribution is -0.385. The summed E-state index contributed by atoms with van der Waals surface area (Å²) in [5.41, 5.74) is 0.528. The summed E-state index contributed by atoms with van der Waals surface area (Å²) >= 11 is 0. The van der Waals surface area contributed by atoms with Gasteiger partial charge >= 0.3 is 0 Å². The number of likely N-dealkylation sites (tertiary alicyclic amines) is 1. The van der Waals surface area contributed by atoms with Crippen molar-refractivity contribution in [3.63, 3.8) is 0 Å². The minimum absolute atomic E-state index is 0.0728. The van der Waals surface area contributed by atoms with E-state index in [9.17, 15) is 10.1 Å². The molecule has 1 aliphatic heterocycles. The molecule has 0 spiro atoms. The highest BCUT2D eigenvalue weighted by molar-refractivity contribution is 5.44. The Morgan fingerprint density at radius 3 is 2.95 bits per heavy atom. The van der Waals surface area contributed by atoms with E-state index in [2.05, 4.69) is 22.1 Å². The first-order valence-electron chi connectivity index (χ1n) is 6.68. The lowest BCUT2D eigenvalue weighted by Crippen LogP contribution is -2.22. The third-order valence-electron chi connectivity index (χ3n) is 3.64. The van der Waals surface area contributed by atoms with Crippen LogP contribution >= 0.6 is 0 Å². The van der Waals surface area contributed by atoms with Crippen molar-refractivity contribution in [3.8, 4) is 0 Å². The van der Waals surface area contributed by atoms with Crippen LogP contribution in [-0.4, -0.2) is 41.0 Å². The molecule has 0 aliphatic carbocycles. The number of nitro groups is 1. The van der Waals surface area contributed by atoms with E-state index in [0.29, 0.717) is 11.6 Å². The molecule has 1 aromatic rings. The van der Waals surface area contributed by atoms with Crippen molar-refractivity contribution in [2.24, 2.45) is 5.92 Å². The maximum Gasteiger partial charge on any atom is 0.290 e. The predicted octanol–water partition coefficient (Wildman–Crippen LogP) is 2.05. The van der Waals surface area contributed by atoms with Crippen LogP contribution in [0, 0.1) is 23.0 Å². The van der Waals surface area contributed by atoms with Crippen LogP contribution in [0.1, 0.15) is 19.0 Å². The van der Waals surface area contributed by atoms with Gasteiger partial charge in [-0.15, -0.1) is 0 Å². The number of aryl methyl sites for hydroxylation is 1. The van der Waals surface area contributed by atoms with E-state index in [-0.39, 0.29) is 5.69 Å². The van der Waals surface area contributed by atoms with E-state index in [1.54, 1.807) is 13.0 Å². The molecule has 0 aromatic carbocycles. The minimum Gasteiger partial charge on any atom is -0.370 e. The summed E-state index contributed by atoms with van der Waals surface area (Å²) in [5.74, 6) is 1.36. The molecule has 1 aromatic heterocycles. The zero-order chi connectivity index (χ0) is 13.8. The second-order valence-electron chi connectivity index (χ2n) is 4.99. The number of nitrogens with one attached hydrogen (secondary N) is 1. The van der Waals surface area contributed by atoms with Crippen LogP contribution in [0.3, 0.4) is 0 Å². The van der Waals surface area contributed by atoms with E-state index >= 15 is 0 Å². The lowest BCUT2D eigenvalue weighted by atomic mass is 10.1. The predicted molar refractivity (Wildman–Crippen MR) is 74.3 cm³/mol. The normalized spacial score (nSPS) is 19.6. The van der Waals surface area contributed by atoms with E-state index in [0.717, 1.165) is 32.0 Å². The highest BCUT2D eigenvalue weighted by Crippen LogP contribution is 2.19. The monoisotopic (exact) mass is 264 g/mol. The molecular formula is C13H20N4O2. The van der Waals surface area contributed by atoms with Gasteiger partial charge in [-0.2, -0.15) is 0 Å². The maximum atomic E-state index is 10.7. The SMILES string of the molecule is CCN1CCC(CNc2ccc([N+](=O)[O-])c(C)n2)C1. The highest BCUT2D eigenvalue weighted by atomic mass is 16.6. The molecule has 6 heteroatoms. The van der Waals surface area contributed by atoms with Gasteiger partial charge in [0.25, 0.3) is 5.69 Å². The smallest absolute Gasteiger partial charge is 0.290 e. The molecule has 1 fully saturated rings. The lowest BCUT2D eigenvalue weighted by Gasteiger charge is -2.14. The molecule has 1 N–H and O–H groups in total. The molecule has 0 amide bonds. The standard InChI is InChI=1S/C13H20N4O2/c1-3-16-7-6-11(9-16)8-14-13-5-4-12(17(18)19)10(2)15-13/h4-5,11H,3,6-9H2,1-2H3,(H,14,15). The van der Waals surface area contributed by atoms with Gasteiger partial charge in [-0.25, -0.2) is 4.98 Å². The first-order chi connectivity index (χ1) is 9.10. The van der Waals surface area contributed by atoms with E-state index < -0.39 is 4.92 Å². The van der Waals surface area contributed by atoms with Gasteiger partial charge in [0, 0.05) is 19.2 Å². The third-order valence-corrected chi connectivity index (χ3v) is 3.64. The number of pyridine rings is 1. The number of anilines is 1. The largest absolute Gasteiger partial charge is 0.370 e. The second-order valence-corrected chi connectivity index (χ2v) is 4.99. The second kappa shape index (κ2) is 5.97. The van der Waals surface area contributed by atoms with Gasteiger partial charge in [-0.1, -0.05) is 6.92 Å². The molecule has 1 aliphatic rings. The van der Waals surface area contributed by atoms with Gasteiger partial charge in [0.1, 0.15) is 11.5 Å². The molecule has 6 nitrogen and oxygen atoms in total. The van der Waals surface area contributed by atoms with Gasteiger partial charge in [-0.05, 0) is 38.4 Å². The Kier molecular flexibility index (Phi) is 4.31. The minimum atomic E-state index is -0.401. The van der Waals surface area contributed by atoms with E-state index in [1.807, 2.05) is 0 Å². The van der Waals surface area contributed by atoms with Gasteiger partial charge in [0.05, 0.1) is 4.92 Å². The molecule has 104 valence electrons. The molecule has 1 unspecified atom stereocenters. The van der Waals surface area contributed by atoms with Crippen LogP contribution < -0.4 is 5.32 Å². The fourth-order valence-electron chi connectivity index (χ4n) is 2.46. The fourth-order valence-corrected chi connectivity index (χ4v) is 2.46. The van der Waals surface area contributed by atoms with Crippen LogP contribution in [0.5, 0.6) is 0 Å². The Morgan fingerprint density at radius 1 is 1.58 bits per heavy atom. The summed E-state index contributed by atoms with van der Waals surface area (Å²) in [7, 11) is 0. The van der Waals surface area contributed by atoms with Gasteiger partial charge < -0.3 is 10.2 Å². The zero-order valence-electron chi connectivity index (χ0n) is 11.4. The third kappa shape index (κ3) is 3.41. The number of aromatic nitrogens is 1. The molecule has 0 bridgehead atoms. The number of hydrogen-bond acceptors (Lipinski definition) is 5. The van der Waals surface area contributed by atoms with Crippen LogP contribution in [0.4, 0.5) is 11.5 Å². The van der Waals surface area contributed by atoms with Crippen molar-refractivity contribution in [2.75, 3.05) is 31.5 Å². The molecule has 0 radical (unpaired) electrons. The summed E-state index contributed by atoms with van der Waals surface area (Å²) in [5, 5.41) is 14.0. The van der Waals surface area contributed by atoms with Gasteiger partial charge in [0.15, 0.2) is 0 Å². The molecule has 1 saturated heterocycles. The van der Waals surface area contributed by atoms with Crippen molar-refractivity contribution in [2.45, 2.75) is 20.3 Å². The summed E-state index contributed by atoms with van der Waals surface area (Å²) < 4.78 is 0. The Hall–Kier alpha value is -1.69. The summed E-state index contributed by atoms with van der Waals surface area (Å²) in [6.07, 6.45) is 1.20. The van der Waals surface area contributed by atoms with E-state index in [4.69, 9.17) is 0 Å². The number of hydrogen-bond donors (Lipinski definition) is 1. The summed E-state index contributed by atoms with van der Waals surface area (Å²) in [6, 6.07) is 3.19. The van der Waals surface area contributed by atoms with Crippen molar-refractivity contribution in [1.29, 1.82) is 0 Å². The van der Waals surface area contributed by atoms with E-state index in [1.165, 1.54) is 12.5 Å². The molecule has 2 rings (SSSR count). The quantitative estimate of drug-likeness (QED) is 0.651. The molecule has 1 atom stereocenters. The zero-order valence-corrected chi connectivity index (χ0v) is 11.4. The Morgan fingerprint density at radius 2 is 2.37 bits per heavy atom. The van der Waals surface area contributed by atoms with Gasteiger partial charge in [-0.3, -0.25) is 10.1 Å². The van der Waals surface area contributed by atoms with Gasteiger partial charge in [0.2, 0.25) is 0 Å². The Labute approximate surface area is 113 Å². The Bertz CT molecular complexity index is 464. The summed E-state index contributed by atoms with van der Waals surface area (Å²) in [4.78, 5) is 17.0. The topological polar surface area (TPSA) is 71.3 Å². The number of nitrogens with zero attached hydrogens (tertiary/aromatic N) is 3. The average Bonchev–Trinajstić information content (AvgIpc) is 2.84. The van der Waals surface area contributed by atoms with Crippen LogP contribution in [0.15, 0.2) is 12.1 Å². The molecule has 19 heavy (non-hydrogen) atoms. The fraction of sp³-hybridized carbons (Fsp3) is 0.615. The molecular weight excluding hydrogens is 244 g/mol. The Balaban J connectivity index is 1.90. The van der Waals surface area contributed by atoms with Crippen molar-refractivity contribution < 1.29 is 4.92 Å². The number of rotatable bonds is 5. The van der Waals surface area contributed by atoms with Crippen LogP contribution in [-0.2, 0) is 0 Å².